The molecule has 0 radical (unpaired) electrons. The van der Waals surface area contributed by atoms with Crippen molar-refractivity contribution in [2.75, 3.05) is 5.32 Å². The second-order valence-corrected chi connectivity index (χ2v) is 6.76. The molecule has 0 saturated heterocycles. The molecule has 0 unspecified atom stereocenters. The number of rotatable bonds is 4. The van der Waals surface area contributed by atoms with Gasteiger partial charge in [0, 0.05) is 15.4 Å². The molecule has 0 atom stereocenters. The van der Waals surface area contributed by atoms with Gasteiger partial charge in [-0.05, 0) is 60.7 Å². The molecule has 138 valence electrons. The van der Waals surface area contributed by atoms with Crippen LogP contribution in [0.4, 0.5) is 18.9 Å². The molecule has 2 N–H and O–H groups in total. The summed E-state index contributed by atoms with van der Waals surface area (Å²) < 4.78 is 39.0. The number of phenols is 1. The van der Waals surface area contributed by atoms with Gasteiger partial charge in [-0.2, -0.15) is 13.2 Å². The van der Waals surface area contributed by atoms with Crippen molar-refractivity contribution in [2.45, 2.75) is 16.0 Å². The highest BCUT2D eigenvalue weighted by Crippen LogP contribution is 2.35. The zero-order valence-corrected chi connectivity index (χ0v) is 14.6. The largest absolute Gasteiger partial charge is 0.508 e. The van der Waals surface area contributed by atoms with Gasteiger partial charge in [-0.15, -0.1) is 0 Å². The van der Waals surface area contributed by atoms with E-state index in [9.17, 15) is 23.1 Å². The third-order valence-electron chi connectivity index (χ3n) is 3.67. The monoisotopic (exact) mass is 389 g/mol. The summed E-state index contributed by atoms with van der Waals surface area (Å²) in [6, 6.07) is 18.0. The molecule has 3 aromatic rings. The minimum absolute atomic E-state index is 0.172. The fraction of sp³-hybridized carbons (Fsp3) is 0.0500. The number of halogens is 3. The number of para-hydroxylation sites is 1. The van der Waals surface area contributed by atoms with Gasteiger partial charge in [0.2, 0.25) is 0 Å². The summed E-state index contributed by atoms with van der Waals surface area (Å²) in [5.41, 5.74) is -0.919. The highest BCUT2D eigenvalue weighted by molar-refractivity contribution is 7.99. The van der Waals surface area contributed by atoms with E-state index >= 15 is 0 Å². The minimum Gasteiger partial charge on any atom is -0.508 e. The van der Waals surface area contributed by atoms with Crippen molar-refractivity contribution in [3.63, 3.8) is 0 Å². The summed E-state index contributed by atoms with van der Waals surface area (Å²) in [7, 11) is 0. The normalized spacial score (nSPS) is 11.2. The Hall–Kier alpha value is -2.93. The van der Waals surface area contributed by atoms with Crippen LogP contribution < -0.4 is 5.32 Å². The lowest BCUT2D eigenvalue weighted by molar-refractivity contribution is -0.136. The topological polar surface area (TPSA) is 49.3 Å². The fourth-order valence-electron chi connectivity index (χ4n) is 2.36. The van der Waals surface area contributed by atoms with Gasteiger partial charge in [0.25, 0.3) is 5.91 Å². The Bertz CT molecular complexity index is 939. The maximum absolute atomic E-state index is 13.0. The molecule has 0 aliphatic carbocycles. The molecule has 3 nitrogen and oxygen atoms in total. The van der Waals surface area contributed by atoms with Crippen LogP contribution in [0.1, 0.15) is 15.9 Å². The second-order valence-electron chi connectivity index (χ2n) is 5.62. The molecule has 0 bridgehead atoms. The Morgan fingerprint density at radius 3 is 2.00 bits per heavy atom. The number of hydrogen-bond acceptors (Lipinski definition) is 3. The van der Waals surface area contributed by atoms with Crippen LogP contribution in [0, 0.1) is 0 Å². The molecule has 3 rings (SSSR count). The van der Waals surface area contributed by atoms with Crippen molar-refractivity contribution in [3.8, 4) is 5.75 Å². The highest BCUT2D eigenvalue weighted by Gasteiger charge is 2.33. The summed E-state index contributed by atoms with van der Waals surface area (Å²) >= 11 is 1.43. The number of carbonyl (C=O) groups excluding carboxylic acids is 1. The first-order valence-corrected chi connectivity index (χ1v) is 8.69. The quantitative estimate of drug-likeness (QED) is 0.592. The predicted octanol–water partition coefficient (Wildman–Crippen LogP) is 5.81. The first-order valence-electron chi connectivity index (χ1n) is 7.87. The number of benzene rings is 3. The lowest BCUT2D eigenvalue weighted by atomic mass is 10.1. The molecule has 0 saturated carbocycles. The van der Waals surface area contributed by atoms with E-state index in [1.54, 1.807) is 48.5 Å². The van der Waals surface area contributed by atoms with Crippen LogP contribution in [0.25, 0.3) is 0 Å². The Morgan fingerprint density at radius 1 is 0.852 bits per heavy atom. The van der Waals surface area contributed by atoms with E-state index in [0.717, 1.165) is 15.9 Å². The van der Waals surface area contributed by atoms with Crippen molar-refractivity contribution in [3.05, 3.63) is 83.9 Å². The molecular weight excluding hydrogens is 375 g/mol. The third-order valence-corrected chi connectivity index (χ3v) is 4.69. The maximum Gasteiger partial charge on any atom is 0.418 e. The van der Waals surface area contributed by atoms with Gasteiger partial charge in [0.15, 0.2) is 0 Å². The van der Waals surface area contributed by atoms with E-state index in [0.29, 0.717) is 0 Å². The number of nitrogens with one attached hydrogen (secondary N) is 1. The molecule has 0 fully saturated rings. The summed E-state index contributed by atoms with van der Waals surface area (Å²) in [5.74, 6) is -0.446. The molecule has 0 spiro atoms. The lowest BCUT2D eigenvalue weighted by Crippen LogP contribution is -2.16. The summed E-state index contributed by atoms with van der Waals surface area (Å²) in [5, 5.41) is 11.6. The van der Waals surface area contributed by atoms with E-state index in [1.807, 2.05) is 0 Å². The SMILES string of the molecule is O=C(Nc1ccccc1C(F)(F)F)c1ccc(Sc2ccc(O)cc2)cc1. The third kappa shape index (κ3) is 4.83. The molecular formula is C20H14F3NO2S. The van der Waals surface area contributed by atoms with Crippen molar-refractivity contribution in [1.82, 2.24) is 0 Å². The average Bonchev–Trinajstić information content (AvgIpc) is 2.64. The van der Waals surface area contributed by atoms with Crippen LogP contribution in [0.5, 0.6) is 5.75 Å². The Balaban J connectivity index is 1.72. The number of amides is 1. The smallest absolute Gasteiger partial charge is 0.418 e. The zero-order valence-electron chi connectivity index (χ0n) is 13.8. The number of anilines is 1. The van der Waals surface area contributed by atoms with Gasteiger partial charge < -0.3 is 10.4 Å². The molecule has 3 aromatic carbocycles. The standard InChI is InChI=1S/C20H14F3NO2S/c21-20(22,23)17-3-1-2-4-18(17)24-19(26)13-5-9-15(10-6-13)27-16-11-7-14(25)8-12-16/h1-12,25H,(H,24,26). The van der Waals surface area contributed by atoms with Gasteiger partial charge in [0.1, 0.15) is 5.75 Å². The van der Waals surface area contributed by atoms with E-state index < -0.39 is 17.6 Å². The van der Waals surface area contributed by atoms with Crippen LogP contribution in [-0.4, -0.2) is 11.0 Å². The van der Waals surface area contributed by atoms with Gasteiger partial charge in [0.05, 0.1) is 11.3 Å². The van der Waals surface area contributed by atoms with E-state index in [4.69, 9.17) is 0 Å². The zero-order chi connectivity index (χ0) is 19.4. The van der Waals surface area contributed by atoms with Crippen molar-refractivity contribution >= 4 is 23.4 Å². The van der Waals surface area contributed by atoms with E-state index in [1.165, 1.54) is 30.0 Å². The predicted molar refractivity (Wildman–Crippen MR) is 98.1 cm³/mol. The van der Waals surface area contributed by atoms with Crippen molar-refractivity contribution < 1.29 is 23.1 Å². The van der Waals surface area contributed by atoms with Crippen LogP contribution in [0.3, 0.4) is 0 Å². The Labute approximate surface area is 157 Å². The lowest BCUT2D eigenvalue weighted by Gasteiger charge is -2.13. The summed E-state index contributed by atoms with van der Waals surface area (Å²) in [6.45, 7) is 0. The molecule has 27 heavy (non-hydrogen) atoms. The molecule has 0 aliphatic rings. The first kappa shape index (κ1) is 18.8. The Morgan fingerprint density at radius 2 is 1.41 bits per heavy atom. The number of alkyl halides is 3. The van der Waals surface area contributed by atoms with Gasteiger partial charge in [-0.1, -0.05) is 23.9 Å². The second kappa shape index (κ2) is 7.75. The average molecular weight is 389 g/mol. The van der Waals surface area contributed by atoms with Crippen LogP contribution in [0.2, 0.25) is 0 Å². The first-order chi connectivity index (χ1) is 12.8. The number of hydrogen-bond donors (Lipinski definition) is 2. The number of aromatic hydroxyl groups is 1. The molecule has 0 heterocycles. The molecule has 7 heteroatoms. The summed E-state index contributed by atoms with van der Waals surface area (Å²) in [4.78, 5) is 14.0. The number of carbonyl (C=O) groups is 1. The van der Waals surface area contributed by atoms with Crippen molar-refractivity contribution in [2.24, 2.45) is 0 Å². The van der Waals surface area contributed by atoms with Crippen LogP contribution in [-0.2, 0) is 6.18 Å². The van der Waals surface area contributed by atoms with Gasteiger partial charge in [-0.25, -0.2) is 0 Å². The highest BCUT2D eigenvalue weighted by atomic mass is 32.2. The summed E-state index contributed by atoms with van der Waals surface area (Å²) in [6.07, 6.45) is -4.55. The molecule has 0 aliphatic heterocycles. The molecule has 1 amide bonds. The minimum atomic E-state index is -4.55. The van der Waals surface area contributed by atoms with E-state index in [-0.39, 0.29) is 17.0 Å². The van der Waals surface area contributed by atoms with Crippen LogP contribution >= 0.6 is 11.8 Å². The number of phenolic OH excluding ortho intramolecular Hbond substituents is 1. The van der Waals surface area contributed by atoms with E-state index in [2.05, 4.69) is 5.32 Å². The van der Waals surface area contributed by atoms with Gasteiger partial charge in [-0.3, -0.25) is 4.79 Å². The van der Waals surface area contributed by atoms with Crippen molar-refractivity contribution in [1.29, 1.82) is 0 Å². The fourth-order valence-corrected chi connectivity index (χ4v) is 3.17. The Kier molecular flexibility index (Phi) is 5.41. The van der Waals surface area contributed by atoms with Crippen LogP contribution in [0.15, 0.2) is 82.6 Å². The maximum atomic E-state index is 13.0. The molecule has 0 aromatic heterocycles. The van der Waals surface area contributed by atoms with Gasteiger partial charge >= 0.3 is 6.18 Å².